The molecule has 1 aliphatic heterocycles. The number of carbonyl (C=O) groups excluding carboxylic acids is 1. The first-order valence-electron chi connectivity index (χ1n) is 8.96. The Morgan fingerprint density at radius 2 is 1.74 bits per heavy atom. The minimum absolute atomic E-state index is 0. The Balaban J connectivity index is 0. The highest BCUT2D eigenvalue weighted by atomic mass is 32.1. The van der Waals surface area contributed by atoms with E-state index in [0.717, 1.165) is 11.8 Å². The lowest BCUT2D eigenvalue weighted by atomic mass is 9.85. The molecule has 0 aromatic heterocycles. The molecule has 0 radical (unpaired) electrons. The Kier molecular flexibility index (Phi) is 13.8. The molecule has 1 amide bonds. The van der Waals surface area contributed by atoms with Crippen LogP contribution >= 0.6 is 27.0 Å². The van der Waals surface area contributed by atoms with Gasteiger partial charge < -0.3 is 10.6 Å². The number of amides is 1. The van der Waals surface area contributed by atoms with Gasteiger partial charge in [0.15, 0.2) is 0 Å². The Hall–Kier alpha value is 0.130. The predicted molar refractivity (Wildman–Crippen MR) is 111 cm³/mol. The molecule has 23 heavy (non-hydrogen) atoms. The summed E-state index contributed by atoms with van der Waals surface area (Å²) in [6.07, 6.45) is 9.00. The number of hydrogen-bond donors (Lipinski definition) is 1. The number of nitrogens with zero attached hydrogens (tertiary/aromatic N) is 1. The SMILES string of the molecule is CCCC(C)C.C[C@H](N)C(=O)N1[C@H](C)C[C@@H]2CCCC[C@@H]21.S.S. The molecule has 1 aliphatic carbocycles. The highest BCUT2D eigenvalue weighted by Crippen LogP contribution is 2.39. The molecule has 0 spiro atoms. The largest absolute Gasteiger partial charge is 0.335 e. The van der Waals surface area contributed by atoms with Gasteiger partial charge in [0.1, 0.15) is 0 Å². The third kappa shape index (κ3) is 7.70. The van der Waals surface area contributed by atoms with Crippen molar-refractivity contribution in [1.82, 2.24) is 4.90 Å². The van der Waals surface area contributed by atoms with Gasteiger partial charge in [-0.2, -0.15) is 27.0 Å². The van der Waals surface area contributed by atoms with E-state index in [1.54, 1.807) is 6.92 Å². The van der Waals surface area contributed by atoms with Gasteiger partial charge in [-0.1, -0.05) is 46.5 Å². The molecule has 1 saturated carbocycles. The first kappa shape index (κ1) is 25.4. The van der Waals surface area contributed by atoms with E-state index < -0.39 is 0 Å². The number of likely N-dealkylation sites (tertiary alicyclic amines) is 1. The molecule has 2 aliphatic rings. The predicted octanol–water partition coefficient (Wildman–Crippen LogP) is 4.18. The molecule has 5 heteroatoms. The molecule has 4 atom stereocenters. The van der Waals surface area contributed by atoms with Crippen LogP contribution in [0.4, 0.5) is 0 Å². The van der Waals surface area contributed by atoms with Gasteiger partial charge in [-0.05, 0) is 44.9 Å². The van der Waals surface area contributed by atoms with Crippen molar-refractivity contribution < 1.29 is 4.79 Å². The van der Waals surface area contributed by atoms with Crippen LogP contribution in [-0.4, -0.2) is 28.9 Å². The summed E-state index contributed by atoms with van der Waals surface area (Å²) in [5.41, 5.74) is 5.71. The standard InChI is InChI=1S/C12H22N2O.C6H14.2H2S/c1-8-7-10-5-3-4-6-11(10)14(8)12(15)9(2)13;1-4-5-6(2)3;;/h8-11H,3-7,13H2,1-2H3;6H,4-5H2,1-3H3;2*1H2/t8-,9+,10+,11+;;;/m1.../s1. The fourth-order valence-electron chi connectivity index (χ4n) is 3.90. The van der Waals surface area contributed by atoms with E-state index in [1.165, 1.54) is 44.9 Å². The Morgan fingerprint density at radius 1 is 1.17 bits per heavy atom. The van der Waals surface area contributed by atoms with E-state index >= 15 is 0 Å². The first-order valence-corrected chi connectivity index (χ1v) is 8.96. The third-order valence-corrected chi connectivity index (χ3v) is 4.86. The molecular weight excluding hydrogens is 324 g/mol. The summed E-state index contributed by atoms with van der Waals surface area (Å²) >= 11 is 0. The van der Waals surface area contributed by atoms with Crippen LogP contribution in [0.1, 0.15) is 79.6 Å². The summed E-state index contributed by atoms with van der Waals surface area (Å²) in [4.78, 5) is 14.1. The molecule has 1 saturated heterocycles. The van der Waals surface area contributed by atoms with Crippen molar-refractivity contribution in [2.24, 2.45) is 17.6 Å². The zero-order valence-corrected chi connectivity index (χ0v) is 17.8. The Morgan fingerprint density at radius 3 is 2.17 bits per heavy atom. The molecule has 2 N–H and O–H groups in total. The van der Waals surface area contributed by atoms with Crippen molar-refractivity contribution in [2.75, 3.05) is 0 Å². The van der Waals surface area contributed by atoms with Crippen LogP contribution < -0.4 is 5.73 Å². The van der Waals surface area contributed by atoms with Crippen LogP contribution in [0.5, 0.6) is 0 Å². The fourth-order valence-corrected chi connectivity index (χ4v) is 3.90. The van der Waals surface area contributed by atoms with Gasteiger partial charge in [0, 0.05) is 12.1 Å². The fraction of sp³-hybridized carbons (Fsp3) is 0.944. The average molecular weight is 365 g/mol. The number of rotatable bonds is 3. The lowest BCUT2D eigenvalue weighted by Crippen LogP contribution is -2.48. The summed E-state index contributed by atoms with van der Waals surface area (Å²) < 4.78 is 0. The minimum atomic E-state index is -0.340. The first-order chi connectivity index (χ1) is 9.88. The second-order valence-electron chi connectivity index (χ2n) is 7.41. The zero-order valence-electron chi connectivity index (χ0n) is 15.8. The van der Waals surface area contributed by atoms with Crippen LogP contribution in [0.2, 0.25) is 0 Å². The number of nitrogens with two attached hydrogens (primary N) is 1. The van der Waals surface area contributed by atoms with Crippen molar-refractivity contribution in [2.45, 2.75) is 97.7 Å². The third-order valence-electron chi connectivity index (χ3n) is 4.86. The average Bonchev–Trinajstić information content (AvgIpc) is 2.74. The highest BCUT2D eigenvalue weighted by molar-refractivity contribution is 7.59. The van der Waals surface area contributed by atoms with E-state index in [4.69, 9.17) is 5.73 Å². The molecule has 1 heterocycles. The lowest BCUT2D eigenvalue weighted by Gasteiger charge is -2.34. The molecule has 2 rings (SSSR count). The normalized spacial score (nSPS) is 27.1. The maximum atomic E-state index is 12.0. The van der Waals surface area contributed by atoms with E-state index in [0.29, 0.717) is 12.1 Å². The number of carbonyl (C=O) groups is 1. The molecule has 0 bridgehead atoms. The molecule has 3 nitrogen and oxygen atoms in total. The zero-order chi connectivity index (χ0) is 16.0. The maximum absolute atomic E-state index is 12.0. The van der Waals surface area contributed by atoms with Crippen molar-refractivity contribution in [3.8, 4) is 0 Å². The van der Waals surface area contributed by atoms with E-state index in [9.17, 15) is 4.79 Å². The summed E-state index contributed by atoms with van der Waals surface area (Å²) in [6.45, 7) is 10.7. The molecule has 0 unspecified atom stereocenters. The van der Waals surface area contributed by atoms with Crippen LogP contribution in [0.25, 0.3) is 0 Å². The van der Waals surface area contributed by atoms with Gasteiger partial charge in [0.25, 0.3) is 0 Å². The van der Waals surface area contributed by atoms with Gasteiger partial charge in [0.05, 0.1) is 6.04 Å². The van der Waals surface area contributed by atoms with Crippen LogP contribution in [0.15, 0.2) is 0 Å². The van der Waals surface area contributed by atoms with Crippen LogP contribution in [-0.2, 0) is 4.79 Å². The Bertz CT molecular complexity index is 324. The molecule has 2 fully saturated rings. The topological polar surface area (TPSA) is 46.3 Å². The van der Waals surface area contributed by atoms with E-state index in [2.05, 4.69) is 32.6 Å². The second-order valence-corrected chi connectivity index (χ2v) is 7.41. The highest BCUT2D eigenvalue weighted by Gasteiger charge is 2.42. The van der Waals surface area contributed by atoms with Crippen LogP contribution in [0.3, 0.4) is 0 Å². The lowest BCUT2D eigenvalue weighted by molar-refractivity contribution is -0.135. The van der Waals surface area contributed by atoms with Gasteiger partial charge in [-0.15, -0.1) is 0 Å². The van der Waals surface area contributed by atoms with Crippen LogP contribution in [0, 0.1) is 11.8 Å². The summed E-state index contributed by atoms with van der Waals surface area (Å²) in [6, 6.07) is 0.553. The molecule has 140 valence electrons. The summed E-state index contributed by atoms with van der Waals surface area (Å²) in [5, 5.41) is 0. The van der Waals surface area contributed by atoms with Gasteiger partial charge in [-0.25, -0.2) is 0 Å². The van der Waals surface area contributed by atoms with Crippen molar-refractivity contribution in [3.63, 3.8) is 0 Å². The van der Waals surface area contributed by atoms with E-state index in [-0.39, 0.29) is 38.9 Å². The minimum Gasteiger partial charge on any atom is -0.335 e. The summed E-state index contributed by atoms with van der Waals surface area (Å²) in [7, 11) is 0. The Labute approximate surface area is 158 Å². The van der Waals surface area contributed by atoms with E-state index in [1.807, 2.05) is 0 Å². The molecular formula is C18H40N2OS2. The number of hydrogen-bond acceptors (Lipinski definition) is 2. The monoisotopic (exact) mass is 364 g/mol. The number of fused-ring (bicyclic) bond motifs is 1. The smallest absolute Gasteiger partial charge is 0.239 e. The van der Waals surface area contributed by atoms with Gasteiger partial charge in [0.2, 0.25) is 5.91 Å². The second kappa shape index (κ2) is 12.5. The van der Waals surface area contributed by atoms with Crippen molar-refractivity contribution in [1.29, 1.82) is 0 Å². The van der Waals surface area contributed by atoms with Gasteiger partial charge >= 0.3 is 0 Å². The van der Waals surface area contributed by atoms with Crippen molar-refractivity contribution >= 4 is 32.9 Å². The van der Waals surface area contributed by atoms with Gasteiger partial charge in [-0.3, -0.25) is 4.79 Å². The molecule has 0 aromatic carbocycles. The molecule has 0 aromatic rings. The summed E-state index contributed by atoms with van der Waals surface area (Å²) in [5.74, 6) is 1.79. The maximum Gasteiger partial charge on any atom is 0.239 e. The quantitative estimate of drug-likeness (QED) is 0.816. The van der Waals surface area contributed by atoms with Crippen molar-refractivity contribution in [3.05, 3.63) is 0 Å².